The Morgan fingerprint density at radius 2 is 1.86 bits per heavy atom. The van der Waals surface area contributed by atoms with Gasteiger partial charge in [-0.05, 0) is 56.8 Å². The van der Waals surface area contributed by atoms with Gasteiger partial charge in [0.05, 0.1) is 4.92 Å². The van der Waals surface area contributed by atoms with E-state index >= 15 is 0 Å². The zero-order valence-electron chi connectivity index (χ0n) is 12.0. The maximum atomic E-state index is 11.7. The molecule has 0 spiro atoms. The van der Waals surface area contributed by atoms with Crippen LogP contribution in [0.5, 0.6) is 0 Å². The fourth-order valence-corrected chi connectivity index (χ4v) is 1.81. The van der Waals surface area contributed by atoms with Crippen LogP contribution >= 0.6 is 12.2 Å². The quantitative estimate of drug-likeness (QED) is 0.388. The largest absolute Gasteiger partial charge is 0.358 e. The lowest BCUT2D eigenvalue weighted by Crippen LogP contribution is -2.47. The van der Waals surface area contributed by atoms with Gasteiger partial charge in [0.15, 0.2) is 5.11 Å². The number of hydrogen-bond acceptors (Lipinski definition) is 4. The van der Waals surface area contributed by atoms with E-state index in [9.17, 15) is 14.9 Å². The molecule has 1 aromatic carbocycles. The summed E-state index contributed by atoms with van der Waals surface area (Å²) in [5.41, 5.74) is 0.463. The molecular formula is C14H17N3O3S. The van der Waals surface area contributed by atoms with Gasteiger partial charge in [-0.2, -0.15) is 0 Å². The number of nitro groups is 1. The number of carbonyl (C=O) groups excluding carboxylic acids is 1. The van der Waals surface area contributed by atoms with Crippen LogP contribution in [0.1, 0.15) is 26.3 Å². The van der Waals surface area contributed by atoms with Gasteiger partial charge >= 0.3 is 0 Å². The molecule has 0 bridgehead atoms. The van der Waals surface area contributed by atoms with Gasteiger partial charge in [-0.25, -0.2) is 0 Å². The van der Waals surface area contributed by atoms with Crippen LogP contribution in [-0.4, -0.2) is 21.5 Å². The first-order valence-corrected chi connectivity index (χ1v) is 6.64. The predicted molar refractivity (Wildman–Crippen MR) is 85.8 cm³/mol. The van der Waals surface area contributed by atoms with Gasteiger partial charge in [0.2, 0.25) is 5.91 Å². The summed E-state index contributed by atoms with van der Waals surface area (Å²) in [6.07, 6.45) is 2.87. The molecule has 0 aliphatic heterocycles. The first-order chi connectivity index (χ1) is 9.67. The van der Waals surface area contributed by atoms with Crippen LogP contribution in [0.25, 0.3) is 6.08 Å². The van der Waals surface area contributed by atoms with Crippen molar-refractivity contribution in [3.8, 4) is 0 Å². The molecule has 0 saturated carbocycles. The van der Waals surface area contributed by atoms with E-state index in [1.54, 1.807) is 18.2 Å². The van der Waals surface area contributed by atoms with Crippen molar-refractivity contribution >= 4 is 35.0 Å². The molecule has 1 rings (SSSR count). The first kappa shape index (κ1) is 16.8. The highest BCUT2D eigenvalue weighted by Crippen LogP contribution is 2.12. The zero-order valence-corrected chi connectivity index (χ0v) is 12.9. The van der Waals surface area contributed by atoms with Gasteiger partial charge in [-0.3, -0.25) is 20.2 Å². The number of hydrogen-bond donors (Lipinski definition) is 2. The fourth-order valence-electron chi connectivity index (χ4n) is 1.40. The number of amides is 1. The van der Waals surface area contributed by atoms with Crippen molar-refractivity contribution in [1.82, 2.24) is 10.6 Å². The molecule has 112 valence electrons. The molecular weight excluding hydrogens is 290 g/mol. The fraction of sp³-hybridized carbons (Fsp3) is 0.286. The third-order valence-corrected chi connectivity index (χ3v) is 2.46. The lowest BCUT2D eigenvalue weighted by molar-refractivity contribution is -0.384. The molecule has 0 radical (unpaired) electrons. The van der Waals surface area contributed by atoms with Crippen LogP contribution in [0.2, 0.25) is 0 Å². The van der Waals surface area contributed by atoms with Crippen molar-refractivity contribution in [2.24, 2.45) is 0 Å². The highest BCUT2D eigenvalue weighted by molar-refractivity contribution is 7.80. The molecule has 0 saturated heterocycles. The smallest absolute Gasteiger partial charge is 0.269 e. The highest BCUT2D eigenvalue weighted by atomic mass is 32.1. The molecule has 0 aromatic heterocycles. The minimum absolute atomic E-state index is 0.00663. The van der Waals surface area contributed by atoms with Crippen molar-refractivity contribution in [3.05, 3.63) is 46.0 Å². The Bertz CT molecular complexity index is 574. The molecule has 1 amide bonds. The van der Waals surface area contributed by atoms with Crippen LogP contribution in [0.15, 0.2) is 30.3 Å². The van der Waals surface area contributed by atoms with Gasteiger partial charge in [0.1, 0.15) is 0 Å². The zero-order chi connectivity index (χ0) is 16.0. The SMILES string of the molecule is CC(C)(C)NC(=S)NC(=O)/C=C/c1ccc([N+](=O)[O-])cc1. The lowest BCUT2D eigenvalue weighted by Gasteiger charge is -2.22. The van der Waals surface area contributed by atoms with Gasteiger partial charge < -0.3 is 5.32 Å². The van der Waals surface area contributed by atoms with Crippen LogP contribution in [0, 0.1) is 10.1 Å². The molecule has 6 nitrogen and oxygen atoms in total. The third-order valence-electron chi connectivity index (χ3n) is 2.26. The summed E-state index contributed by atoms with van der Waals surface area (Å²) < 4.78 is 0. The average Bonchev–Trinajstić information content (AvgIpc) is 2.34. The van der Waals surface area contributed by atoms with Crippen LogP contribution in [-0.2, 0) is 4.79 Å². The molecule has 0 heterocycles. The minimum atomic E-state index is -0.475. The second-order valence-corrected chi connectivity index (χ2v) is 5.78. The topological polar surface area (TPSA) is 84.3 Å². The Morgan fingerprint density at radius 1 is 1.29 bits per heavy atom. The molecule has 0 unspecified atom stereocenters. The minimum Gasteiger partial charge on any atom is -0.358 e. The van der Waals surface area contributed by atoms with E-state index in [0.717, 1.165) is 0 Å². The van der Waals surface area contributed by atoms with Crippen molar-refractivity contribution in [1.29, 1.82) is 0 Å². The number of benzene rings is 1. The summed E-state index contributed by atoms with van der Waals surface area (Å²) in [4.78, 5) is 21.7. The number of non-ortho nitro benzene ring substituents is 1. The summed E-state index contributed by atoms with van der Waals surface area (Å²) >= 11 is 5.00. The Labute approximate surface area is 128 Å². The predicted octanol–water partition coefficient (Wildman–Crippen LogP) is 2.40. The van der Waals surface area contributed by atoms with Crippen LogP contribution in [0.3, 0.4) is 0 Å². The number of nitro benzene ring substituents is 1. The number of nitrogens with zero attached hydrogens (tertiary/aromatic N) is 1. The lowest BCUT2D eigenvalue weighted by atomic mass is 10.1. The van der Waals surface area contributed by atoms with Crippen LogP contribution in [0.4, 0.5) is 5.69 Å². The van der Waals surface area contributed by atoms with E-state index in [2.05, 4.69) is 10.6 Å². The normalized spacial score (nSPS) is 11.2. The number of carbonyl (C=O) groups is 1. The number of nitrogens with one attached hydrogen (secondary N) is 2. The Morgan fingerprint density at radius 3 is 2.33 bits per heavy atom. The van der Waals surface area contributed by atoms with E-state index in [4.69, 9.17) is 12.2 Å². The molecule has 0 aliphatic carbocycles. The monoisotopic (exact) mass is 307 g/mol. The summed E-state index contributed by atoms with van der Waals surface area (Å²) in [5.74, 6) is -0.366. The van der Waals surface area contributed by atoms with Gasteiger partial charge in [0, 0.05) is 23.7 Å². The van der Waals surface area contributed by atoms with E-state index in [1.807, 2.05) is 20.8 Å². The number of rotatable bonds is 3. The second-order valence-electron chi connectivity index (χ2n) is 5.38. The van der Waals surface area contributed by atoms with E-state index in [0.29, 0.717) is 5.56 Å². The van der Waals surface area contributed by atoms with Gasteiger partial charge in [-0.15, -0.1) is 0 Å². The Balaban J connectivity index is 2.58. The van der Waals surface area contributed by atoms with Crippen LogP contribution < -0.4 is 10.6 Å². The Hall–Kier alpha value is -2.28. The van der Waals surface area contributed by atoms with Gasteiger partial charge in [0.25, 0.3) is 5.69 Å². The number of thiocarbonyl (C=S) groups is 1. The maximum Gasteiger partial charge on any atom is 0.269 e. The Kier molecular flexibility index (Phi) is 5.54. The standard InChI is InChI=1S/C14H17N3O3S/c1-14(2,3)16-13(21)15-12(18)9-6-10-4-7-11(8-5-10)17(19)20/h4-9H,1-3H3,(H2,15,16,18,21)/b9-6+. The summed E-state index contributed by atoms with van der Waals surface area (Å²) in [5, 5.41) is 16.2. The first-order valence-electron chi connectivity index (χ1n) is 6.23. The maximum absolute atomic E-state index is 11.7. The molecule has 1 aromatic rings. The molecule has 21 heavy (non-hydrogen) atoms. The molecule has 7 heteroatoms. The third kappa shape index (κ3) is 6.62. The van der Waals surface area contributed by atoms with Crippen molar-refractivity contribution in [2.45, 2.75) is 26.3 Å². The van der Waals surface area contributed by atoms with Crippen molar-refractivity contribution in [3.63, 3.8) is 0 Å². The molecule has 2 N–H and O–H groups in total. The summed E-state index contributed by atoms with van der Waals surface area (Å²) in [6, 6.07) is 5.88. The van der Waals surface area contributed by atoms with E-state index in [-0.39, 0.29) is 22.2 Å². The summed E-state index contributed by atoms with van der Waals surface area (Å²) in [7, 11) is 0. The highest BCUT2D eigenvalue weighted by Gasteiger charge is 2.11. The molecule has 0 aliphatic rings. The average molecular weight is 307 g/mol. The van der Waals surface area contributed by atoms with E-state index < -0.39 is 4.92 Å². The second kappa shape index (κ2) is 6.94. The van der Waals surface area contributed by atoms with Crippen molar-refractivity contribution < 1.29 is 9.72 Å². The van der Waals surface area contributed by atoms with Gasteiger partial charge in [-0.1, -0.05) is 0 Å². The molecule has 0 atom stereocenters. The molecule has 0 fully saturated rings. The van der Waals surface area contributed by atoms with E-state index in [1.165, 1.54) is 18.2 Å². The van der Waals surface area contributed by atoms with Crippen molar-refractivity contribution in [2.75, 3.05) is 0 Å². The summed E-state index contributed by atoms with van der Waals surface area (Å²) in [6.45, 7) is 5.79.